The summed E-state index contributed by atoms with van der Waals surface area (Å²) in [4.78, 5) is 9.63. The zero-order chi connectivity index (χ0) is 26.2. The first-order valence-electron chi connectivity index (χ1n) is 12.8. The molecule has 2 heterocycles. The Kier molecular flexibility index (Phi) is 9.68. The van der Waals surface area contributed by atoms with Crippen molar-refractivity contribution in [2.24, 2.45) is 15.9 Å². The Morgan fingerprint density at radius 3 is 1.81 bits per heavy atom. The van der Waals surface area contributed by atoms with Gasteiger partial charge in [0.25, 0.3) is 0 Å². The first-order valence-corrected chi connectivity index (χ1v) is 12.8. The molecule has 0 bridgehead atoms. The molecule has 8 nitrogen and oxygen atoms in total. The predicted octanol–water partition coefficient (Wildman–Crippen LogP) is 3.80. The second-order valence-corrected chi connectivity index (χ2v) is 9.70. The summed E-state index contributed by atoms with van der Waals surface area (Å²) in [6, 6.07) is 19.3. The minimum Gasteiger partial charge on any atom is -0.483 e. The summed E-state index contributed by atoms with van der Waals surface area (Å²) in [6.07, 6.45) is -1.37. The second-order valence-electron chi connectivity index (χ2n) is 9.70. The maximum absolute atomic E-state index is 10.2. The van der Waals surface area contributed by atoms with Crippen LogP contribution in [0.2, 0.25) is 0 Å². The largest absolute Gasteiger partial charge is 0.483 e. The van der Waals surface area contributed by atoms with Crippen LogP contribution in [0.5, 0.6) is 0 Å². The van der Waals surface area contributed by atoms with E-state index in [1.807, 2.05) is 60.7 Å². The molecule has 2 aliphatic heterocycles. The van der Waals surface area contributed by atoms with Crippen molar-refractivity contribution in [3.63, 3.8) is 0 Å². The third-order valence-electron chi connectivity index (χ3n) is 6.75. The number of methoxy groups -OCH3 is 2. The Labute approximate surface area is 219 Å². The molecule has 0 aromatic heterocycles. The Hall–Kier alpha value is -2.78. The van der Waals surface area contributed by atoms with Crippen molar-refractivity contribution in [2.45, 2.75) is 70.0 Å². The molecule has 0 radical (unpaired) electrons. The van der Waals surface area contributed by atoms with Gasteiger partial charge < -0.3 is 28.8 Å². The lowest BCUT2D eigenvalue weighted by molar-refractivity contribution is -0.0836. The SMILES string of the molecule is COC1=N[C@H](C(C)C)C(OC)=N[C@H]1C[C@H]1O[C@H](CO)[C@@H](OCc2ccccc2)[C@@H]1OCc1ccccc1. The van der Waals surface area contributed by atoms with Gasteiger partial charge in [-0.25, -0.2) is 9.98 Å². The average molecular weight is 511 g/mol. The molecule has 0 amide bonds. The number of ether oxygens (including phenoxy) is 5. The molecule has 0 unspecified atom stereocenters. The third kappa shape index (κ3) is 6.76. The summed E-state index contributed by atoms with van der Waals surface area (Å²) in [5.74, 6) is 1.33. The van der Waals surface area contributed by atoms with Gasteiger partial charge >= 0.3 is 0 Å². The summed E-state index contributed by atoms with van der Waals surface area (Å²) in [6.45, 7) is 4.75. The van der Waals surface area contributed by atoms with Crippen molar-refractivity contribution >= 4 is 11.8 Å². The normalized spacial score (nSPS) is 27.6. The molecule has 1 fully saturated rings. The van der Waals surface area contributed by atoms with Gasteiger partial charge in [-0.05, 0) is 17.0 Å². The molecule has 0 aliphatic carbocycles. The molecule has 2 aromatic carbocycles. The Bertz CT molecular complexity index is 1030. The molecule has 0 spiro atoms. The fourth-order valence-corrected chi connectivity index (χ4v) is 4.81. The van der Waals surface area contributed by atoms with Gasteiger partial charge in [-0.1, -0.05) is 74.5 Å². The van der Waals surface area contributed by atoms with Crippen LogP contribution in [0, 0.1) is 5.92 Å². The standard InChI is InChI=1S/C29H38N2O6/c1-19(2)25-29(34-4)30-22(28(31-25)33-3)15-23-26(35-17-20-11-7-5-8-12-20)27(24(16-32)37-23)36-18-21-13-9-6-10-14-21/h5-14,19,22-27,32H,15-18H2,1-4H3/t22-,23+,24+,25+,26+,27+/m0/s1. The van der Waals surface area contributed by atoms with Gasteiger partial charge in [-0.2, -0.15) is 0 Å². The monoisotopic (exact) mass is 510 g/mol. The second kappa shape index (κ2) is 13.1. The van der Waals surface area contributed by atoms with Gasteiger partial charge in [-0.3, -0.25) is 0 Å². The van der Waals surface area contributed by atoms with Crippen LogP contribution < -0.4 is 0 Å². The minimum atomic E-state index is -0.532. The lowest BCUT2D eigenvalue weighted by Gasteiger charge is -2.29. The van der Waals surface area contributed by atoms with Crippen molar-refractivity contribution in [3.8, 4) is 0 Å². The molecule has 200 valence electrons. The molecular formula is C29H38N2O6. The van der Waals surface area contributed by atoms with Gasteiger partial charge in [0.15, 0.2) is 0 Å². The van der Waals surface area contributed by atoms with Crippen LogP contribution in [0.1, 0.15) is 31.4 Å². The Balaban J connectivity index is 1.56. The molecule has 8 heteroatoms. The summed E-state index contributed by atoms with van der Waals surface area (Å²) in [5, 5.41) is 10.2. The van der Waals surface area contributed by atoms with Gasteiger partial charge in [0.05, 0.1) is 40.1 Å². The molecule has 1 saturated heterocycles. The number of hydrogen-bond acceptors (Lipinski definition) is 8. The molecule has 37 heavy (non-hydrogen) atoms. The van der Waals surface area contributed by atoms with Gasteiger partial charge in [-0.15, -0.1) is 0 Å². The van der Waals surface area contributed by atoms with E-state index in [9.17, 15) is 5.11 Å². The summed E-state index contributed by atoms with van der Waals surface area (Å²) in [7, 11) is 3.23. The van der Waals surface area contributed by atoms with E-state index in [4.69, 9.17) is 33.7 Å². The van der Waals surface area contributed by atoms with Crippen LogP contribution in [-0.2, 0) is 36.9 Å². The lowest BCUT2D eigenvalue weighted by Crippen LogP contribution is -2.42. The first-order chi connectivity index (χ1) is 18.0. The van der Waals surface area contributed by atoms with Crippen molar-refractivity contribution in [1.82, 2.24) is 0 Å². The fourth-order valence-electron chi connectivity index (χ4n) is 4.81. The van der Waals surface area contributed by atoms with Crippen molar-refractivity contribution in [3.05, 3.63) is 71.8 Å². The van der Waals surface area contributed by atoms with Crippen LogP contribution in [0.3, 0.4) is 0 Å². The van der Waals surface area contributed by atoms with Gasteiger partial charge in [0, 0.05) is 6.42 Å². The van der Waals surface area contributed by atoms with E-state index in [0.717, 1.165) is 11.1 Å². The number of hydrogen-bond donors (Lipinski definition) is 1. The maximum atomic E-state index is 10.2. The topological polar surface area (TPSA) is 91.1 Å². The molecule has 1 N–H and O–H groups in total. The number of nitrogens with zero attached hydrogens (tertiary/aromatic N) is 2. The molecule has 4 rings (SSSR count). The average Bonchev–Trinajstić information content (AvgIpc) is 3.27. The summed E-state index contributed by atoms with van der Waals surface area (Å²) >= 11 is 0. The van der Waals surface area contributed by atoms with Gasteiger partial charge in [0.2, 0.25) is 11.8 Å². The van der Waals surface area contributed by atoms with Gasteiger partial charge in [0.1, 0.15) is 30.4 Å². The highest BCUT2D eigenvalue weighted by Crippen LogP contribution is 2.32. The highest BCUT2D eigenvalue weighted by atomic mass is 16.6. The lowest BCUT2D eigenvalue weighted by atomic mass is 9.98. The minimum absolute atomic E-state index is 0.181. The van der Waals surface area contributed by atoms with E-state index in [2.05, 4.69) is 13.8 Å². The zero-order valence-electron chi connectivity index (χ0n) is 22.0. The van der Waals surface area contributed by atoms with E-state index in [1.54, 1.807) is 14.2 Å². The highest BCUT2D eigenvalue weighted by Gasteiger charge is 2.48. The van der Waals surface area contributed by atoms with Crippen molar-refractivity contribution in [2.75, 3.05) is 20.8 Å². The number of aliphatic hydroxyl groups excluding tert-OH is 1. The quantitative estimate of drug-likeness (QED) is 0.523. The number of aliphatic hydroxyl groups is 1. The van der Waals surface area contributed by atoms with Crippen LogP contribution in [0.4, 0.5) is 0 Å². The Morgan fingerprint density at radius 1 is 0.784 bits per heavy atom. The number of rotatable bonds is 10. The predicted molar refractivity (Wildman–Crippen MR) is 142 cm³/mol. The molecule has 0 saturated carbocycles. The van der Waals surface area contributed by atoms with Crippen molar-refractivity contribution in [1.29, 1.82) is 0 Å². The summed E-state index contributed by atoms with van der Waals surface area (Å²) < 4.78 is 30.3. The van der Waals surface area contributed by atoms with E-state index in [1.165, 1.54) is 0 Å². The molecular weight excluding hydrogens is 472 g/mol. The Morgan fingerprint density at radius 2 is 1.32 bits per heavy atom. The van der Waals surface area contributed by atoms with E-state index >= 15 is 0 Å². The molecule has 2 aliphatic rings. The summed E-state index contributed by atoms with van der Waals surface area (Å²) in [5.41, 5.74) is 2.09. The van der Waals surface area contributed by atoms with Crippen molar-refractivity contribution < 1.29 is 28.8 Å². The maximum Gasteiger partial charge on any atom is 0.209 e. The molecule has 6 atom stereocenters. The zero-order valence-corrected chi connectivity index (χ0v) is 22.0. The number of benzene rings is 2. The first kappa shape index (κ1) is 27.3. The fraction of sp³-hybridized carbons (Fsp3) is 0.517. The van der Waals surface area contributed by atoms with E-state index < -0.39 is 30.5 Å². The van der Waals surface area contributed by atoms with Crippen LogP contribution >= 0.6 is 0 Å². The van der Waals surface area contributed by atoms with E-state index in [-0.39, 0.29) is 18.6 Å². The number of aliphatic imine (C=N–C) groups is 2. The third-order valence-corrected chi connectivity index (χ3v) is 6.75. The van der Waals surface area contributed by atoms with E-state index in [0.29, 0.717) is 31.4 Å². The highest BCUT2D eigenvalue weighted by molar-refractivity contribution is 5.94. The smallest absolute Gasteiger partial charge is 0.209 e. The van der Waals surface area contributed by atoms with Crippen LogP contribution in [-0.4, -0.2) is 74.2 Å². The van der Waals surface area contributed by atoms with Crippen LogP contribution in [0.15, 0.2) is 70.6 Å². The van der Waals surface area contributed by atoms with Crippen LogP contribution in [0.25, 0.3) is 0 Å². The molecule has 2 aromatic rings.